The fourth-order valence-electron chi connectivity index (χ4n) is 5.13. The van der Waals surface area contributed by atoms with E-state index in [0.29, 0.717) is 6.54 Å². The van der Waals surface area contributed by atoms with E-state index >= 15 is 0 Å². The predicted molar refractivity (Wildman–Crippen MR) is 117 cm³/mol. The van der Waals surface area contributed by atoms with Crippen LogP contribution in [0, 0.1) is 0 Å². The minimum Gasteiger partial charge on any atom is -0.348 e. The summed E-state index contributed by atoms with van der Waals surface area (Å²) < 4.78 is 1.87. The van der Waals surface area contributed by atoms with Crippen LogP contribution in [0.25, 0.3) is 28.0 Å². The molecule has 3 aromatic heterocycles. The lowest BCUT2D eigenvalue weighted by atomic mass is 9.93. The second-order valence-corrected chi connectivity index (χ2v) is 8.75. The van der Waals surface area contributed by atoms with Crippen molar-refractivity contribution in [3.63, 3.8) is 0 Å². The average molecular weight is 410 g/mol. The number of carbonyl (C=O) groups is 1. The van der Waals surface area contributed by atoms with Crippen LogP contribution in [0.5, 0.6) is 0 Å². The maximum Gasteiger partial charge on any atom is 0.252 e. The van der Waals surface area contributed by atoms with E-state index < -0.39 is 0 Å². The van der Waals surface area contributed by atoms with Gasteiger partial charge in [-0.2, -0.15) is 5.10 Å². The summed E-state index contributed by atoms with van der Waals surface area (Å²) in [5.41, 5.74) is 8.11. The van der Waals surface area contributed by atoms with E-state index in [1.165, 1.54) is 18.5 Å². The highest BCUT2D eigenvalue weighted by molar-refractivity contribution is 6.06. The van der Waals surface area contributed by atoms with Gasteiger partial charge in [-0.1, -0.05) is 12.1 Å². The number of amides is 1. The standard InChI is InChI=1S/C24H22N6O/c31-24-22-16(23-27-19-8-10-29(14-4-5-14)13-20(19)28-23)7-6-15(18(22)11-25-24)17-12-26-30-9-2-1-3-21(17)30/h1-3,6-7,9,12,14H,4-5,8,10-11,13H2,(H,25,31)(H,27,28). The molecule has 1 fully saturated rings. The zero-order valence-electron chi connectivity index (χ0n) is 17.1. The van der Waals surface area contributed by atoms with Gasteiger partial charge in [-0.25, -0.2) is 9.50 Å². The number of nitrogens with one attached hydrogen (secondary N) is 2. The first kappa shape index (κ1) is 17.3. The van der Waals surface area contributed by atoms with Crippen LogP contribution in [-0.2, 0) is 19.5 Å². The van der Waals surface area contributed by atoms with Gasteiger partial charge in [-0.15, -0.1) is 0 Å². The number of aromatic nitrogens is 4. The van der Waals surface area contributed by atoms with Crippen LogP contribution in [-0.4, -0.2) is 43.0 Å². The molecule has 1 aromatic carbocycles. The lowest BCUT2D eigenvalue weighted by Crippen LogP contribution is -2.32. The molecule has 0 unspecified atom stereocenters. The molecule has 0 atom stereocenters. The number of pyridine rings is 1. The van der Waals surface area contributed by atoms with E-state index in [9.17, 15) is 4.79 Å². The number of hydrogen-bond donors (Lipinski definition) is 2. The summed E-state index contributed by atoms with van der Waals surface area (Å²) in [4.78, 5) is 23.9. The van der Waals surface area contributed by atoms with Gasteiger partial charge >= 0.3 is 0 Å². The number of benzene rings is 1. The quantitative estimate of drug-likeness (QED) is 0.544. The van der Waals surface area contributed by atoms with E-state index in [1.54, 1.807) is 0 Å². The van der Waals surface area contributed by atoms with Gasteiger partial charge in [0.15, 0.2) is 0 Å². The summed E-state index contributed by atoms with van der Waals surface area (Å²) in [6.45, 7) is 2.54. The molecule has 2 aliphatic heterocycles. The Bertz CT molecular complexity index is 1360. The Labute approximate surface area is 179 Å². The highest BCUT2D eigenvalue weighted by Gasteiger charge is 2.33. The Morgan fingerprint density at radius 2 is 1.97 bits per heavy atom. The molecule has 7 rings (SSSR count). The number of nitrogens with zero attached hydrogens (tertiary/aromatic N) is 4. The molecule has 7 heteroatoms. The van der Waals surface area contributed by atoms with Crippen LogP contribution in [0.4, 0.5) is 0 Å². The summed E-state index contributed by atoms with van der Waals surface area (Å²) in [5, 5.41) is 7.50. The van der Waals surface area contributed by atoms with Gasteiger partial charge in [-0.05, 0) is 42.2 Å². The van der Waals surface area contributed by atoms with Gasteiger partial charge in [0.1, 0.15) is 5.82 Å². The fraction of sp³-hybridized carbons (Fsp3) is 0.292. The smallest absolute Gasteiger partial charge is 0.252 e. The molecule has 7 nitrogen and oxygen atoms in total. The Kier molecular flexibility index (Phi) is 3.49. The average Bonchev–Trinajstić information content (AvgIpc) is 3.25. The van der Waals surface area contributed by atoms with Gasteiger partial charge in [0, 0.05) is 49.4 Å². The number of imidazole rings is 1. The Morgan fingerprint density at radius 1 is 1.06 bits per heavy atom. The molecule has 2 N–H and O–H groups in total. The van der Waals surface area contributed by atoms with E-state index in [4.69, 9.17) is 4.98 Å². The van der Waals surface area contributed by atoms with Gasteiger partial charge in [0.25, 0.3) is 5.91 Å². The van der Waals surface area contributed by atoms with Crippen molar-refractivity contribution in [1.29, 1.82) is 0 Å². The molecule has 0 radical (unpaired) electrons. The third-order valence-electron chi connectivity index (χ3n) is 6.86. The number of rotatable bonds is 3. The zero-order valence-corrected chi connectivity index (χ0v) is 17.1. The van der Waals surface area contributed by atoms with Crippen LogP contribution in [0.2, 0.25) is 0 Å². The predicted octanol–water partition coefficient (Wildman–Crippen LogP) is 3.16. The van der Waals surface area contributed by atoms with Crippen LogP contribution in [0.3, 0.4) is 0 Å². The number of carbonyl (C=O) groups excluding carboxylic acids is 1. The van der Waals surface area contributed by atoms with E-state index in [2.05, 4.69) is 32.4 Å². The maximum absolute atomic E-state index is 12.9. The van der Waals surface area contributed by atoms with Gasteiger partial charge in [-0.3, -0.25) is 9.69 Å². The Hall–Kier alpha value is -3.45. The molecular formula is C24H22N6O. The van der Waals surface area contributed by atoms with Crippen LogP contribution >= 0.6 is 0 Å². The van der Waals surface area contributed by atoms with Crippen LogP contribution < -0.4 is 5.32 Å². The molecule has 0 spiro atoms. The molecule has 154 valence electrons. The molecule has 31 heavy (non-hydrogen) atoms. The summed E-state index contributed by atoms with van der Waals surface area (Å²) in [5.74, 6) is 0.777. The minimum absolute atomic E-state index is 0.0303. The second-order valence-electron chi connectivity index (χ2n) is 8.75. The van der Waals surface area contributed by atoms with Crippen molar-refractivity contribution in [3.05, 3.63) is 65.2 Å². The lowest BCUT2D eigenvalue weighted by molar-refractivity contribution is 0.0966. The monoisotopic (exact) mass is 410 g/mol. The molecule has 1 aliphatic carbocycles. The van der Waals surface area contributed by atoms with Gasteiger partial charge < -0.3 is 10.3 Å². The van der Waals surface area contributed by atoms with Crippen molar-refractivity contribution in [2.24, 2.45) is 0 Å². The molecule has 5 heterocycles. The van der Waals surface area contributed by atoms with E-state index in [0.717, 1.165) is 70.4 Å². The number of fused-ring (bicyclic) bond motifs is 3. The topological polar surface area (TPSA) is 78.3 Å². The van der Waals surface area contributed by atoms with Crippen LogP contribution in [0.15, 0.2) is 42.7 Å². The summed E-state index contributed by atoms with van der Waals surface area (Å²) in [6, 6.07) is 10.9. The van der Waals surface area contributed by atoms with E-state index in [1.807, 2.05) is 35.1 Å². The number of hydrogen-bond acceptors (Lipinski definition) is 4. The van der Waals surface area contributed by atoms with Crippen LogP contribution in [0.1, 0.15) is 40.2 Å². The lowest BCUT2D eigenvalue weighted by Gasteiger charge is -2.25. The highest BCUT2D eigenvalue weighted by atomic mass is 16.1. The highest BCUT2D eigenvalue weighted by Crippen LogP contribution is 2.38. The minimum atomic E-state index is -0.0303. The first-order valence-electron chi connectivity index (χ1n) is 11.0. The molecule has 1 amide bonds. The van der Waals surface area contributed by atoms with Crippen molar-refractivity contribution < 1.29 is 4.79 Å². The summed E-state index contributed by atoms with van der Waals surface area (Å²) in [6.07, 6.45) is 7.42. The van der Waals surface area contributed by atoms with Crippen molar-refractivity contribution in [1.82, 2.24) is 29.8 Å². The SMILES string of the molecule is O=C1NCc2c(-c3cnn4ccccc34)ccc(-c3nc4c([nH]3)CN(C3CC3)CC4)c21. The number of H-pyrrole nitrogens is 1. The fourth-order valence-corrected chi connectivity index (χ4v) is 5.13. The van der Waals surface area contributed by atoms with Crippen molar-refractivity contribution in [2.75, 3.05) is 6.54 Å². The maximum atomic E-state index is 12.9. The second kappa shape index (κ2) is 6.28. The molecule has 1 saturated carbocycles. The Morgan fingerprint density at radius 3 is 2.87 bits per heavy atom. The van der Waals surface area contributed by atoms with Crippen molar-refractivity contribution in [2.45, 2.75) is 38.4 Å². The van der Waals surface area contributed by atoms with Gasteiger partial charge in [0.05, 0.1) is 28.7 Å². The first-order chi connectivity index (χ1) is 15.3. The first-order valence-corrected chi connectivity index (χ1v) is 11.0. The van der Waals surface area contributed by atoms with Crippen molar-refractivity contribution in [3.8, 4) is 22.5 Å². The normalized spacial score (nSPS) is 18.3. The summed E-state index contributed by atoms with van der Waals surface area (Å²) >= 11 is 0. The van der Waals surface area contributed by atoms with E-state index in [-0.39, 0.29) is 5.91 Å². The molecular weight excluding hydrogens is 388 g/mol. The van der Waals surface area contributed by atoms with Crippen molar-refractivity contribution >= 4 is 11.4 Å². The third kappa shape index (κ3) is 2.59. The van der Waals surface area contributed by atoms with Gasteiger partial charge in [0.2, 0.25) is 0 Å². The zero-order chi connectivity index (χ0) is 20.5. The Balaban J connectivity index is 1.34. The largest absolute Gasteiger partial charge is 0.348 e. The molecule has 4 aromatic rings. The molecule has 0 saturated heterocycles. The third-order valence-corrected chi connectivity index (χ3v) is 6.86. The molecule has 3 aliphatic rings. The molecule has 0 bridgehead atoms. The number of aromatic amines is 1. The summed E-state index contributed by atoms with van der Waals surface area (Å²) in [7, 11) is 0.